The third kappa shape index (κ3) is 8.34. The van der Waals surface area contributed by atoms with Gasteiger partial charge in [-0.15, -0.1) is 0 Å². The van der Waals surface area contributed by atoms with Crippen molar-refractivity contribution in [3.05, 3.63) is 104 Å². The highest BCUT2D eigenvalue weighted by molar-refractivity contribution is 6.42. The Kier molecular flexibility index (Phi) is 11.0. The summed E-state index contributed by atoms with van der Waals surface area (Å²) < 4.78 is 6.04. The third-order valence-corrected chi connectivity index (χ3v) is 8.30. The van der Waals surface area contributed by atoms with Crippen LogP contribution in [0.4, 0.5) is 0 Å². The van der Waals surface area contributed by atoms with Crippen molar-refractivity contribution in [1.29, 1.82) is 0 Å². The molecule has 1 heterocycles. The van der Waals surface area contributed by atoms with E-state index < -0.39 is 5.60 Å². The number of piperidine rings is 1. The normalized spacial score (nSPS) is 16.7. The highest BCUT2D eigenvalue weighted by Crippen LogP contribution is 2.34. The zero-order valence-corrected chi connectivity index (χ0v) is 24.8. The van der Waals surface area contributed by atoms with E-state index in [-0.39, 0.29) is 12.5 Å². The minimum atomic E-state index is -0.791. The van der Waals surface area contributed by atoms with Gasteiger partial charge in [0.05, 0.1) is 34.6 Å². The molecule has 1 unspecified atom stereocenters. The Labute approximate surface area is 250 Å². The smallest absolute Gasteiger partial charge is 0.106 e. The molecule has 1 saturated heterocycles. The average Bonchev–Trinajstić information content (AvgIpc) is 2.92. The van der Waals surface area contributed by atoms with Crippen LogP contribution < -0.4 is 0 Å². The second-order valence-corrected chi connectivity index (χ2v) is 11.5. The summed E-state index contributed by atoms with van der Waals surface area (Å²) in [7, 11) is 1.53. The summed E-state index contributed by atoms with van der Waals surface area (Å²) in [5.74, 6) is -0.113. The summed E-state index contributed by atoms with van der Waals surface area (Å²) in [6.07, 6.45) is 2.12. The maximum Gasteiger partial charge on any atom is 0.106 e. The first-order chi connectivity index (χ1) is 18.8. The predicted octanol–water partition coefficient (Wildman–Crippen LogP) is 7.98. The van der Waals surface area contributed by atoms with E-state index in [4.69, 9.17) is 56.0 Å². The molecule has 9 heteroatoms. The van der Waals surface area contributed by atoms with Gasteiger partial charge in [0.15, 0.2) is 0 Å². The van der Waals surface area contributed by atoms with Gasteiger partial charge in [-0.05, 0) is 72.8 Å². The van der Waals surface area contributed by atoms with Gasteiger partial charge in [-0.1, -0.05) is 88.0 Å². The standard InChI is InChI=1S/C30H32Cl4N2O3/c1-38-35-29(20-39-19-21-15-24(31)18-25(32)16-21)26(22-7-8-27(33)28(34)17-22)9-12-36-13-10-30(37,11-14-36)23-5-3-2-4-6-23/h2-8,15-18,26,37H,9-14,19-20H2,1H3/b35-29+. The monoisotopic (exact) mass is 608 g/mol. The fourth-order valence-electron chi connectivity index (χ4n) is 5.03. The van der Waals surface area contributed by atoms with Gasteiger partial charge in [-0.2, -0.15) is 0 Å². The number of benzene rings is 3. The zero-order chi connectivity index (χ0) is 27.8. The topological polar surface area (TPSA) is 54.3 Å². The lowest BCUT2D eigenvalue weighted by Crippen LogP contribution is -2.43. The van der Waals surface area contributed by atoms with Crippen LogP contribution in [0.3, 0.4) is 0 Å². The van der Waals surface area contributed by atoms with Crippen LogP contribution in [0, 0.1) is 0 Å². The summed E-state index contributed by atoms with van der Waals surface area (Å²) >= 11 is 24.9. The molecule has 3 aromatic rings. The molecule has 0 amide bonds. The first kappa shape index (κ1) is 30.1. The quantitative estimate of drug-likeness (QED) is 0.177. The van der Waals surface area contributed by atoms with E-state index in [1.54, 1.807) is 12.1 Å². The van der Waals surface area contributed by atoms with Crippen molar-refractivity contribution in [2.45, 2.75) is 37.4 Å². The Morgan fingerprint density at radius 3 is 2.28 bits per heavy atom. The van der Waals surface area contributed by atoms with Crippen LogP contribution in [0.5, 0.6) is 0 Å². The van der Waals surface area contributed by atoms with Gasteiger partial charge in [0.1, 0.15) is 7.11 Å². The van der Waals surface area contributed by atoms with E-state index in [9.17, 15) is 5.11 Å². The molecule has 1 aliphatic heterocycles. The zero-order valence-electron chi connectivity index (χ0n) is 21.8. The fraction of sp³-hybridized carbons (Fsp3) is 0.367. The van der Waals surface area contributed by atoms with Crippen molar-refractivity contribution >= 4 is 52.1 Å². The van der Waals surface area contributed by atoms with Crippen LogP contribution >= 0.6 is 46.4 Å². The number of halogens is 4. The average molecular weight is 610 g/mol. The summed E-state index contributed by atoms with van der Waals surface area (Å²) in [6, 6.07) is 20.9. The predicted molar refractivity (Wildman–Crippen MR) is 160 cm³/mol. The maximum atomic E-state index is 11.2. The van der Waals surface area contributed by atoms with Gasteiger partial charge in [-0.25, -0.2) is 0 Å². The SMILES string of the molecule is CO/N=C(\COCc1cc(Cl)cc(Cl)c1)C(CCN1CCC(O)(c2ccccc2)CC1)c1ccc(Cl)c(Cl)c1. The van der Waals surface area contributed by atoms with Gasteiger partial charge >= 0.3 is 0 Å². The molecule has 4 rings (SSSR count). The Morgan fingerprint density at radius 1 is 0.949 bits per heavy atom. The van der Waals surface area contributed by atoms with Gasteiger partial charge < -0.3 is 19.6 Å². The van der Waals surface area contributed by atoms with Crippen molar-refractivity contribution in [2.24, 2.45) is 5.16 Å². The molecular weight excluding hydrogens is 578 g/mol. The number of likely N-dealkylation sites (tertiary alicyclic amines) is 1. The maximum absolute atomic E-state index is 11.2. The highest BCUT2D eigenvalue weighted by Gasteiger charge is 2.34. The van der Waals surface area contributed by atoms with E-state index in [2.05, 4.69) is 10.1 Å². The molecule has 0 bridgehead atoms. The number of nitrogens with zero attached hydrogens (tertiary/aromatic N) is 2. The van der Waals surface area contributed by atoms with Crippen molar-refractivity contribution in [2.75, 3.05) is 33.4 Å². The van der Waals surface area contributed by atoms with Crippen LogP contribution in [-0.4, -0.2) is 49.1 Å². The van der Waals surface area contributed by atoms with Crippen molar-refractivity contribution < 1.29 is 14.7 Å². The van der Waals surface area contributed by atoms with E-state index in [0.29, 0.717) is 39.5 Å². The molecule has 3 aromatic carbocycles. The molecule has 1 atom stereocenters. The van der Waals surface area contributed by atoms with Crippen molar-refractivity contribution in [3.63, 3.8) is 0 Å². The number of rotatable bonds is 11. The molecule has 0 radical (unpaired) electrons. The van der Waals surface area contributed by atoms with Gasteiger partial charge in [-0.3, -0.25) is 0 Å². The van der Waals surface area contributed by atoms with Crippen LogP contribution in [0.15, 0.2) is 71.9 Å². The molecule has 208 valence electrons. The van der Waals surface area contributed by atoms with Crippen LogP contribution in [0.2, 0.25) is 20.1 Å². The first-order valence-corrected chi connectivity index (χ1v) is 14.4. The molecular formula is C30H32Cl4N2O3. The van der Waals surface area contributed by atoms with E-state index >= 15 is 0 Å². The largest absolute Gasteiger partial charge is 0.399 e. The summed E-state index contributed by atoms with van der Waals surface area (Å²) in [6.45, 7) is 2.96. The first-order valence-electron chi connectivity index (χ1n) is 12.9. The van der Waals surface area contributed by atoms with Crippen LogP contribution in [0.1, 0.15) is 41.9 Å². The molecule has 1 aliphatic rings. The van der Waals surface area contributed by atoms with Crippen molar-refractivity contribution in [3.8, 4) is 0 Å². The van der Waals surface area contributed by atoms with E-state index in [0.717, 1.165) is 48.5 Å². The Balaban J connectivity index is 1.45. The molecule has 1 N–H and O–H groups in total. The molecule has 0 aromatic heterocycles. The lowest BCUT2D eigenvalue weighted by Gasteiger charge is -2.39. The minimum absolute atomic E-state index is 0.113. The van der Waals surface area contributed by atoms with E-state index in [1.807, 2.05) is 54.6 Å². The summed E-state index contributed by atoms with van der Waals surface area (Å²) in [4.78, 5) is 7.61. The Hall–Kier alpha value is -1.83. The van der Waals surface area contributed by atoms with Gasteiger partial charge in [0, 0.05) is 29.1 Å². The fourth-order valence-corrected chi connectivity index (χ4v) is 5.90. The van der Waals surface area contributed by atoms with Gasteiger partial charge in [0.25, 0.3) is 0 Å². The molecule has 5 nitrogen and oxygen atoms in total. The summed E-state index contributed by atoms with van der Waals surface area (Å²) in [5.41, 5.74) is 2.77. The number of hydrogen-bond donors (Lipinski definition) is 1. The number of hydrogen-bond acceptors (Lipinski definition) is 5. The molecule has 0 aliphatic carbocycles. The number of aliphatic hydroxyl groups is 1. The summed E-state index contributed by atoms with van der Waals surface area (Å²) in [5, 5.41) is 17.7. The Morgan fingerprint density at radius 2 is 1.64 bits per heavy atom. The molecule has 39 heavy (non-hydrogen) atoms. The van der Waals surface area contributed by atoms with Crippen LogP contribution in [0.25, 0.3) is 0 Å². The number of oxime groups is 1. The highest BCUT2D eigenvalue weighted by atomic mass is 35.5. The molecule has 0 spiro atoms. The lowest BCUT2D eigenvalue weighted by atomic mass is 9.84. The molecule has 0 saturated carbocycles. The van der Waals surface area contributed by atoms with E-state index in [1.165, 1.54) is 7.11 Å². The molecule has 1 fully saturated rings. The lowest BCUT2D eigenvalue weighted by molar-refractivity contribution is -0.0261. The number of ether oxygens (including phenoxy) is 1. The van der Waals surface area contributed by atoms with Gasteiger partial charge in [0.2, 0.25) is 0 Å². The second kappa shape index (κ2) is 14.2. The third-order valence-electron chi connectivity index (χ3n) is 7.13. The minimum Gasteiger partial charge on any atom is -0.399 e. The Bertz CT molecular complexity index is 1240. The second-order valence-electron chi connectivity index (χ2n) is 9.79. The van der Waals surface area contributed by atoms with Crippen molar-refractivity contribution in [1.82, 2.24) is 4.90 Å². The van der Waals surface area contributed by atoms with Crippen LogP contribution in [-0.2, 0) is 21.8 Å².